The molecule has 0 aromatic rings. The molecule has 448 valence electrons. The van der Waals surface area contributed by atoms with Crippen molar-refractivity contribution in [3.8, 4) is 0 Å². The lowest BCUT2D eigenvalue weighted by Gasteiger charge is -2.37. The van der Waals surface area contributed by atoms with Gasteiger partial charge in [0.2, 0.25) is 5.91 Å². The van der Waals surface area contributed by atoms with Crippen LogP contribution in [0.3, 0.4) is 0 Å². The zero-order valence-corrected chi connectivity index (χ0v) is 52.7. The minimum atomic E-state index is 0.392. The van der Waals surface area contributed by atoms with Crippen LogP contribution in [0.15, 0.2) is 0 Å². The van der Waals surface area contributed by atoms with Crippen LogP contribution >= 0.6 is 0 Å². The van der Waals surface area contributed by atoms with E-state index in [-0.39, 0.29) is 0 Å². The Balaban J connectivity index is 2.81. The molecule has 0 unspecified atom stereocenters. The van der Waals surface area contributed by atoms with Crippen molar-refractivity contribution >= 4 is 5.91 Å². The van der Waals surface area contributed by atoms with Gasteiger partial charge in [-0.25, -0.2) is 0 Å². The van der Waals surface area contributed by atoms with E-state index in [1.807, 2.05) is 0 Å². The molecule has 0 bridgehead atoms. The van der Waals surface area contributed by atoms with E-state index < -0.39 is 0 Å². The van der Waals surface area contributed by atoms with Crippen LogP contribution in [0.1, 0.15) is 356 Å². The molecule has 1 rings (SSSR count). The molecule has 0 aromatic heterocycles. The predicted octanol–water partition coefficient (Wildman–Crippen LogP) is 20.6. The van der Waals surface area contributed by atoms with Gasteiger partial charge >= 0.3 is 0 Å². The van der Waals surface area contributed by atoms with Gasteiger partial charge in [-0.2, -0.15) is 0 Å². The number of rotatable bonds is 62. The van der Waals surface area contributed by atoms with Crippen molar-refractivity contribution in [2.24, 2.45) is 0 Å². The smallest absolute Gasteiger partial charge is 0.236 e. The number of amides is 1. The van der Waals surface area contributed by atoms with E-state index >= 15 is 0 Å². The van der Waals surface area contributed by atoms with E-state index in [1.165, 1.54) is 354 Å². The molecule has 6 nitrogen and oxygen atoms in total. The zero-order chi connectivity index (χ0) is 54.0. The van der Waals surface area contributed by atoms with E-state index in [9.17, 15) is 4.79 Å². The van der Waals surface area contributed by atoms with E-state index in [0.717, 1.165) is 45.9 Å². The molecular weight excluding hydrogens is 915 g/mol. The van der Waals surface area contributed by atoms with Crippen molar-refractivity contribution in [1.29, 1.82) is 0 Å². The largest absolute Gasteiger partial charge is 0.339 e. The summed E-state index contributed by atoms with van der Waals surface area (Å²) in [5.74, 6) is 0.392. The van der Waals surface area contributed by atoms with Gasteiger partial charge in [0.25, 0.3) is 0 Å². The lowest BCUT2D eigenvalue weighted by atomic mass is 10.1. The van der Waals surface area contributed by atoms with Crippen molar-refractivity contribution in [1.82, 2.24) is 24.5 Å². The minimum absolute atomic E-state index is 0.392. The Morgan fingerprint density at radius 3 is 0.760 bits per heavy atom. The van der Waals surface area contributed by atoms with E-state index in [2.05, 4.69) is 59.1 Å². The molecule has 0 aliphatic carbocycles. The van der Waals surface area contributed by atoms with E-state index in [4.69, 9.17) is 0 Å². The van der Waals surface area contributed by atoms with E-state index in [1.54, 1.807) is 0 Å². The Morgan fingerprint density at radius 1 is 0.267 bits per heavy atom. The average molecular weight is 1060 g/mol. The summed E-state index contributed by atoms with van der Waals surface area (Å²) in [6.45, 7) is 25.5. The highest BCUT2D eigenvalue weighted by Crippen LogP contribution is 2.18. The van der Waals surface area contributed by atoms with Crippen LogP contribution in [0.4, 0.5) is 0 Å². The van der Waals surface area contributed by atoms with Crippen molar-refractivity contribution in [2.75, 3.05) is 85.2 Å². The number of nitrogens with zero attached hydrogens (tertiary/aromatic N) is 5. The van der Waals surface area contributed by atoms with Crippen LogP contribution in [0.25, 0.3) is 0 Å². The third kappa shape index (κ3) is 50.0. The first kappa shape index (κ1) is 72.3. The summed E-state index contributed by atoms with van der Waals surface area (Å²) < 4.78 is 0. The Labute approximate surface area is 474 Å². The fourth-order valence-electron chi connectivity index (χ4n) is 12.0. The highest BCUT2D eigenvalue weighted by atomic mass is 16.2. The van der Waals surface area contributed by atoms with Gasteiger partial charge in [-0.1, -0.05) is 324 Å². The summed E-state index contributed by atoms with van der Waals surface area (Å²) in [5, 5.41) is 0. The van der Waals surface area contributed by atoms with Gasteiger partial charge in [-0.15, -0.1) is 0 Å². The molecule has 1 fully saturated rings. The summed E-state index contributed by atoms with van der Waals surface area (Å²) >= 11 is 0. The SMILES string of the molecule is CCCCCCCCCCCCN(CCCCCCCCCCCC)CCN1CCN(C(=O)CN(CCCCCCCCCCCC)CN(CCCCCCCCCCCC)CCCCCCCCCCCC)CC1. The summed E-state index contributed by atoms with van der Waals surface area (Å²) in [6, 6.07) is 0. The molecule has 1 aliphatic rings. The molecule has 0 saturated carbocycles. The summed E-state index contributed by atoms with van der Waals surface area (Å²) in [4.78, 5) is 27.5. The van der Waals surface area contributed by atoms with Crippen LogP contribution < -0.4 is 0 Å². The summed E-state index contributed by atoms with van der Waals surface area (Å²) in [7, 11) is 0. The molecule has 1 aliphatic heterocycles. The van der Waals surface area contributed by atoms with Crippen molar-refractivity contribution in [3.05, 3.63) is 0 Å². The maximum absolute atomic E-state index is 14.3. The lowest BCUT2D eigenvalue weighted by Crippen LogP contribution is -2.53. The Bertz CT molecular complexity index is 1050. The van der Waals surface area contributed by atoms with Gasteiger partial charge in [-0.3, -0.25) is 19.5 Å². The Kier molecular flexibility index (Phi) is 57.3. The monoisotopic (exact) mass is 1060 g/mol. The van der Waals surface area contributed by atoms with Gasteiger partial charge < -0.3 is 9.80 Å². The van der Waals surface area contributed by atoms with Crippen molar-refractivity contribution in [3.63, 3.8) is 0 Å². The van der Waals surface area contributed by atoms with Gasteiger partial charge in [0, 0.05) is 39.3 Å². The lowest BCUT2D eigenvalue weighted by molar-refractivity contribution is -0.134. The van der Waals surface area contributed by atoms with Crippen LogP contribution in [-0.2, 0) is 4.79 Å². The van der Waals surface area contributed by atoms with Crippen molar-refractivity contribution < 1.29 is 4.79 Å². The molecule has 0 radical (unpaired) electrons. The first-order valence-electron chi connectivity index (χ1n) is 35.2. The quantitative estimate of drug-likeness (QED) is 0.0448. The fraction of sp³-hybridized carbons (Fsp3) is 0.986. The third-order valence-electron chi connectivity index (χ3n) is 17.4. The molecule has 0 aromatic carbocycles. The Hall–Kier alpha value is -0.690. The van der Waals surface area contributed by atoms with Crippen LogP contribution in [0.5, 0.6) is 0 Å². The van der Waals surface area contributed by atoms with Gasteiger partial charge in [0.05, 0.1) is 13.2 Å². The molecule has 1 heterocycles. The second-order valence-corrected chi connectivity index (χ2v) is 24.8. The number of hydrogen-bond acceptors (Lipinski definition) is 5. The number of unbranched alkanes of at least 4 members (excludes halogenated alkanes) is 45. The molecule has 0 atom stereocenters. The predicted molar refractivity (Wildman–Crippen MR) is 337 cm³/mol. The van der Waals surface area contributed by atoms with Gasteiger partial charge in [0.15, 0.2) is 0 Å². The standard InChI is InChI=1S/C69H141N5O/c1-6-11-16-21-26-31-36-41-46-51-56-70(57-52-47-42-37-32-27-22-17-12-7-2)61-62-71-63-65-74(66-64-71)69(75)67-73(60-55-50-45-40-35-30-25-20-15-10-5)68-72(58-53-48-43-38-33-28-23-18-13-8-3)59-54-49-44-39-34-29-24-19-14-9-4/h6-68H2,1-5H3. The molecule has 6 heteroatoms. The van der Waals surface area contributed by atoms with Gasteiger partial charge in [-0.05, 0) is 64.8 Å². The Morgan fingerprint density at radius 2 is 0.493 bits per heavy atom. The molecule has 1 amide bonds. The second-order valence-electron chi connectivity index (χ2n) is 24.8. The molecule has 75 heavy (non-hydrogen) atoms. The molecular formula is C69H141N5O. The third-order valence-corrected chi connectivity index (χ3v) is 17.4. The molecule has 1 saturated heterocycles. The summed E-state index contributed by atoms with van der Waals surface area (Å²) in [6.07, 6.45) is 69.8. The maximum atomic E-state index is 14.3. The topological polar surface area (TPSA) is 33.3 Å². The van der Waals surface area contributed by atoms with Crippen LogP contribution in [-0.4, -0.2) is 116 Å². The number of hydrogen-bond donors (Lipinski definition) is 0. The first-order chi connectivity index (χ1) is 37.1. The highest BCUT2D eigenvalue weighted by Gasteiger charge is 2.24. The molecule has 0 N–H and O–H groups in total. The number of carbonyl (C=O) groups is 1. The van der Waals surface area contributed by atoms with E-state index in [0.29, 0.717) is 12.5 Å². The second kappa shape index (κ2) is 59.4. The maximum Gasteiger partial charge on any atom is 0.236 e. The van der Waals surface area contributed by atoms with Gasteiger partial charge in [0.1, 0.15) is 0 Å². The first-order valence-corrected chi connectivity index (χ1v) is 35.2. The number of piperazine rings is 1. The minimum Gasteiger partial charge on any atom is -0.339 e. The van der Waals surface area contributed by atoms with Crippen LogP contribution in [0, 0.1) is 0 Å². The summed E-state index contributed by atoms with van der Waals surface area (Å²) in [5.41, 5.74) is 0. The van der Waals surface area contributed by atoms with Crippen LogP contribution in [0.2, 0.25) is 0 Å². The normalized spacial score (nSPS) is 13.5. The highest BCUT2D eigenvalue weighted by molar-refractivity contribution is 5.78. The zero-order valence-electron chi connectivity index (χ0n) is 52.7. The van der Waals surface area contributed by atoms with Crippen molar-refractivity contribution in [2.45, 2.75) is 356 Å². The number of carbonyl (C=O) groups excluding carboxylic acids is 1. The average Bonchev–Trinajstić information content (AvgIpc) is 3.42. The fourth-order valence-corrected chi connectivity index (χ4v) is 12.0. The molecule has 0 spiro atoms.